The van der Waals surface area contributed by atoms with Gasteiger partial charge in [0.2, 0.25) is 11.8 Å². The summed E-state index contributed by atoms with van der Waals surface area (Å²) < 4.78 is 6.45. The fourth-order valence-electron chi connectivity index (χ4n) is 3.76. The van der Waals surface area contributed by atoms with Crippen LogP contribution in [0.2, 0.25) is 0 Å². The Bertz CT molecular complexity index is 1150. The molecule has 0 spiro atoms. The summed E-state index contributed by atoms with van der Waals surface area (Å²) in [6.07, 6.45) is 2.72. The smallest absolute Gasteiger partial charge is 0.323 e. The number of para-hydroxylation sites is 1. The predicted molar refractivity (Wildman–Crippen MR) is 115 cm³/mol. The number of hydrogen-bond acceptors (Lipinski definition) is 5. The number of amides is 4. The van der Waals surface area contributed by atoms with Crippen LogP contribution in [0.15, 0.2) is 41.1 Å². The van der Waals surface area contributed by atoms with Gasteiger partial charge in [-0.05, 0) is 24.8 Å². The summed E-state index contributed by atoms with van der Waals surface area (Å²) in [5.41, 5.74) is 7.21. The second kappa shape index (κ2) is 8.13. The minimum atomic E-state index is -0.650. The summed E-state index contributed by atoms with van der Waals surface area (Å²) in [5.74, 6) is 0.0925. The lowest BCUT2D eigenvalue weighted by Gasteiger charge is -2.23. The van der Waals surface area contributed by atoms with Crippen LogP contribution < -0.4 is 16.4 Å². The van der Waals surface area contributed by atoms with Crippen LogP contribution in [0.25, 0.3) is 10.9 Å². The van der Waals surface area contributed by atoms with E-state index in [-0.39, 0.29) is 17.7 Å². The summed E-state index contributed by atoms with van der Waals surface area (Å²) in [6, 6.07) is 7.08. The van der Waals surface area contributed by atoms with E-state index in [9.17, 15) is 14.4 Å². The zero-order valence-electron chi connectivity index (χ0n) is 17.3. The first-order valence-corrected chi connectivity index (χ1v) is 10.1. The quantitative estimate of drug-likeness (QED) is 0.590. The molecular formula is C21H24N6O4. The van der Waals surface area contributed by atoms with Gasteiger partial charge < -0.3 is 20.5 Å². The molecule has 10 nitrogen and oxygen atoms in total. The zero-order valence-corrected chi connectivity index (χ0v) is 17.3. The highest BCUT2D eigenvalue weighted by Gasteiger charge is 2.35. The number of rotatable bonds is 4. The van der Waals surface area contributed by atoms with Crippen LogP contribution >= 0.6 is 0 Å². The lowest BCUT2D eigenvalue weighted by atomic mass is 10.1. The number of benzene rings is 1. The van der Waals surface area contributed by atoms with Crippen LogP contribution in [0.5, 0.6) is 0 Å². The summed E-state index contributed by atoms with van der Waals surface area (Å²) in [6.45, 7) is 4.38. The zero-order chi connectivity index (χ0) is 22.1. The molecule has 1 aliphatic rings. The Hall–Kier alpha value is -3.82. The van der Waals surface area contributed by atoms with Gasteiger partial charge in [0.1, 0.15) is 6.04 Å². The van der Waals surface area contributed by atoms with E-state index in [0.29, 0.717) is 36.0 Å². The topological polar surface area (TPSA) is 135 Å². The first-order valence-electron chi connectivity index (χ1n) is 10.1. The predicted octanol–water partition coefficient (Wildman–Crippen LogP) is 3.31. The number of anilines is 2. The highest BCUT2D eigenvalue weighted by molar-refractivity contribution is 6.06. The van der Waals surface area contributed by atoms with E-state index in [1.165, 1.54) is 15.7 Å². The Morgan fingerprint density at radius 3 is 2.71 bits per heavy atom. The molecule has 3 aromatic rings. The van der Waals surface area contributed by atoms with Crippen molar-refractivity contribution >= 4 is 40.4 Å². The molecule has 3 heterocycles. The number of nitrogens with zero attached hydrogens (tertiary/aromatic N) is 3. The van der Waals surface area contributed by atoms with E-state index in [1.807, 2.05) is 13.8 Å². The average molecular weight is 424 g/mol. The van der Waals surface area contributed by atoms with Crippen molar-refractivity contribution in [2.45, 2.75) is 38.6 Å². The first kappa shape index (κ1) is 20.5. The lowest BCUT2D eigenvalue weighted by Crippen LogP contribution is -2.45. The van der Waals surface area contributed by atoms with Crippen LogP contribution in [-0.2, 0) is 4.79 Å². The van der Waals surface area contributed by atoms with Crippen LogP contribution in [0, 0.1) is 0 Å². The van der Waals surface area contributed by atoms with E-state index < -0.39 is 18.1 Å². The van der Waals surface area contributed by atoms with Crippen molar-refractivity contribution in [2.75, 3.05) is 17.2 Å². The van der Waals surface area contributed by atoms with Crippen LogP contribution in [0.4, 0.5) is 21.2 Å². The largest absolute Gasteiger partial charge is 0.351 e. The molecule has 4 rings (SSSR count). The second-order valence-corrected chi connectivity index (χ2v) is 7.81. The highest BCUT2D eigenvalue weighted by atomic mass is 16.5. The van der Waals surface area contributed by atoms with Gasteiger partial charge in [0.15, 0.2) is 0 Å². The Kier molecular flexibility index (Phi) is 5.37. The number of primary amides is 1. The molecule has 0 radical (unpaired) electrons. The van der Waals surface area contributed by atoms with Crippen molar-refractivity contribution in [3.05, 3.63) is 42.2 Å². The number of nitrogens with two attached hydrogens (primary N) is 1. The van der Waals surface area contributed by atoms with E-state index >= 15 is 0 Å². The molecule has 0 aliphatic carbocycles. The van der Waals surface area contributed by atoms with Gasteiger partial charge in [-0.25, -0.2) is 9.59 Å². The van der Waals surface area contributed by atoms with Crippen molar-refractivity contribution in [1.82, 2.24) is 14.6 Å². The molecular weight excluding hydrogens is 400 g/mol. The average Bonchev–Trinajstić information content (AvgIpc) is 3.46. The van der Waals surface area contributed by atoms with Gasteiger partial charge in [-0.3, -0.25) is 14.7 Å². The molecule has 31 heavy (non-hydrogen) atoms. The number of aromatic nitrogens is 2. The Labute approximate surface area is 178 Å². The number of hydrogen-bond donors (Lipinski definition) is 3. The molecule has 4 amide bonds. The number of carbonyl (C=O) groups is 3. The van der Waals surface area contributed by atoms with Gasteiger partial charge >= 0.3 is 12.1 Å². The molecule has 0 saturated carbocycles. The van der Waals surface area contributed by atoms with Gasteiger partial charge in [0, 0.05) is 24.2 Å². The SMILES string of the molecule is CC(C)c1cc(NC(=O)[C@@H]2CCCN2C(=O)Nc2cn(C(N)=O)c3ccccc23)on1. The van der Waals surface area contributed by atoms with Crippen molar-refractivity contribution < 1.29 is 18.9 Å². The fraction of sp³-hybridized carbons (Fsp3) is 0.333. The van der Waals surface area contributed by atoms with Crippen LogP contribution in [-0.4, -0.2) is 45.2 Å². The highest BCUT2D eigenvalue weighted by Crippen LogP contribution is 2.27. The molecule has 1 aliphatic heterocycles. The maximum absolute atomic E-state index is 13.0. The van der Waals surface area contributed by atoms with Gasteiger partial charge in [-0.1, -0.05) is 37.2 Å². The number of nitrogens with one attached hydrogen (secondary N) is 2. The van der Waals surface area contributed by atoms with Crippen LogP contribution in [0.1, 0.15) is 38.3 Å². The summed E-state index contributed by atoms with van der Waals surface area (Å²) in [7, 11) is 0. The number of urea groups is 1. The third kappa shape index (κ3) is 3.96. The molecule has 1 fully saturated rings. The third-order valence-electron chi connectivity index (χ3n) is 5.37. The standard InChI is InChI=1S/C21H24N6O4/c1-12(2)14-10-18(31-25-14)24-19(28)17-8-5-9-26(17)21(30)23-15-11-27(20(22)29)16-7-4-3-6-13(15)16/h3-4,6-7,10-12,17H,5,8-9H2,1-2H3,(H2,22,29)(H,23,30)(H,24,28)/t17-/m0/s1. The fourth-order valence-corrected chi connectivity index (χ4v) is 3.76. The van der Waals surface area contributed by atoms with Gasteiger partial charge in [0.25, 0.3) is 0 Å². The molecule has 1 aromatic carbocycles. The minimum Gasteiger partial charge on any atom is -0.351 e. The van der Waals surface area contributed by atoms with Gasteiger partial charge in [0.05, 0.1) is 16.9 Å². The van der Waals surface area contributed by atoms with Crippen LogP contribution in [0.3, 0.4) is 0 Å². The van der Waals surface area contributed by atoms with Crippen molar-refractivity contribution in [3.63, 3.8) is 0 Å². The van der Waals surface area contributed by atoms with Crippen molar-refractivity contribution in [3.8, 4) is 0 Å². The Morgan fingerprint density at radius 1 is 1.23 bits per heavy atom. The monoisotopic (exact) mass is 424 g/mol. The first-order chi connectivity index (χ1) is 14.8. The number of fused-ring (bicyclic) bond motifs is 1. The maximum atomic E-state index is 13.0. The normalized spacial score (nSPS) is 16.1. The van der Waals surface area contributed by atoms with Gasteiger partial charge in [-0.15, -0.1) is 0 Å². The molecule has 4 N–H and O–H groups in total. The van der Waals surface area contributed by atoms with E-state index in [4.69, 9.17) is 10.3 Å². The number of likely N-dealkylation sites (tertiary alicyclic amines) is 1. The summed E-state index contributed by atoms with van der Waals surface area (Å²) in [5, 5.41) is 10.1. The van der Waals surface area contributed by atoms with Crippen molar-refractivity contribution in [1.29, 1.82) is 0 Å². The van der Waals surface area contributed by atoms with E-state index in [0.717, 1.165) is 5.69 Å². The maximum Gasteiger partial charge on any atom is 0.323 e. The molecule has 0 bridgehead atoms. The third-order valence-corrected chi connectivity index (χ3v) is 5.37. The van der Waals surface area contributed by atoms with E-state index in [1.54, 1.807) is 30.3 Å². The molecule has 162 valence electrons. The minimum absolute atomic E-state index is 0.172. The van der Waals surface area contributed by atoms with Crippen molar-refractivity contribution in [2.24, 2.45) is 5.73 Å². The summed E-state index contributed by atoms with van der Waals surface area (Å²) in [4.78, 5) is 39.0. The van der Waals surface area contributed by atoms with E-state index in [2.05, 4.69) is 15.8 Å². The molecule has 1 atom stereocenters. The molecule has 2 aromatic heterocycles. The Balaban J connectivity index is 1.50. The second-order valence-electron chi connectivity index (χ2n) is 7.81. The molecule has 10 heteroatoms. The Morgan fingerprint density at radius 2 is 2.00 bits per heavy atom. The number of carbonyl (C=O) groups excluding carboxylic acids is 3. The molecule has 1 saturated heterocycles. The lowest BCUT2D eigenvalue weighted by molar-refractivity contribution is -0.119. The summed E-state index contributed by atoms with van der Waals surface area (Å²) >= 11 is 0. The molecule has 0 unspecified atom stereocenters. The van der Waals surface area contributed by atoms with Gasteiger partial charge in [-0.2, -0.15) is 0 Å².